The molecule has 2 aliphatic rings. The van der Waals surface area contributed by atoms with Crippen molar-refractivity contribution in [3.05, 3.63) is 31.5 Å². The summed E-state index contributed by atoms with van der Waals surface area (Å²) >= 11 is 3.13. The fourth-order valence-electron chi connectivity index (χ4n) is 2.12. The highest BCUT2D eigenvalue weighted by molar-refractivity contribution is 9.10. The Morgan fingerprint density at radius 3 is 3.28 bits per heavy atom. The molecule has 0 aliphatic carbocycles. The average Bonchev–Trinajstić information content (AvgIpc) is 2.65. The third kappa shape index (κ3) is 1.76. The van der Waals surface area contributed by atoms with Crippen molar-refractivity contribution in [2.24, 2.45) is 5.11 Å². The van der Waals surface area contributed by atoms with E-state index in [0.717, 1.165) is 0 Å². The van der Waals surface area contributed by atoms with Gasteiger partial charge in [-0.2, -0.15) is 4.98 Å². The number of hydrogen-bond donors (Lipinski definition) is 0. The molecule has 0 amide bonds. The van der Waals surface area contributed by atoms with Crippen molar-refractivity contribution >= 4 is 15.9 Å². The maximum absolute atomic E-state index is 11.4. The van der Waals surface area contributed by atoms with E-state index in [9.17, 15) is 4.79 Å². The lowest BCUT2D eigenvalue weighted by atomic mass is 10.1. The molecule has 0 saturated carbocycles. The fourth-order valence-corrected chi connectivity index (χ4v) is 2.43. The maximum Gasteiger partial charge on any atom is 0.301 e. The minimum atomic E-state index is -0.384. The van der Waals surface area contributed by atoms with Crippen molar-refractivity contribution < 1.29 is 9.47 Å². The molecule has 0 aromatic carbocycles. The summed E-state index contributed by atoms with van der Waals surface area (Å²) in [7, 11) is 0. The van der Waals surface area contributed by atoms with Crippen LogP contribution in [-0.2, 0) is 4.74 Å². The van der Waals surface area contributed by atoms with E-state index in [2.05, 4.69) is 30.9 Å². The second kappa shape index (κ2) is 4.27. The van der Waals surface area contributed by atoms with Crippen molar-refractivity contribution in [3.8, 4) is 6.01 Å². The molecule has 3 heterocycles. The van der Waals surface area contributed by atoms with Crippen LogP contribution < -0.4 is 10.3 Å². The molecule has 94 valence electrons. The quantitative estimate of drug-likeness (QED) is 0.443. The van der Waals surface area contributed by atoms with Gasteiger partial charge in [-0.1, -0.05) is 5.11 Å². The highest BCUT2D eigenvalue weighted by atomic mass is 79.9. The zero-order valence-electron chi connectivity index (χ0n) is 9.06. The Balaban J connectivity index is 2.03. The highest BCUT2D eigenvalue weighted by Crippen LogP contribution is 2.35. The molecular weight excluding hydrogens is 306 g/mol. The summed E-state index contributed by atoms with van der Waals surface area (Å²) in [5, 5.41) is 3.69. The number of halogens is 1. The van der Waals surface area contributed by atoms with Crippen molar-refractivity contribution in [2.75, 3.05) is 6.61 Å². The SMILES string of the molecule is [N-]=[N+]=NC1CC2OC1COc1nc(=O)c(Br)cn12. The first-order valence-corrected chi connectivity index (χ1v) is 6.09. The summed E-state index contributed by atoms with van der Waals surface area (Å²) < 4.78 is 13.1. The van der Waals surface area contributed by atoms with Crippen LogP contribution in [0, 0.1) is 0 Å². The van der Waals surface area contributed by atoms with Gasteiger partial charge in [0.25, 0.3) is 5.56 Å². The number of ether oxygens (including phenoxy) is 2. The van der Waals surface area contributed by atoms with E-state index >= 15 is 0 Å². The van der Waals surface area contributed by atoms with Crippen LogP contribution in [0.1, 0.15) is 12.6 Å². The molecule has 1 aromatic rings. The van der Waals surface area contributed by atoms with E-state index in [1.165, 1.54) is 0 Å². The Bertz CT molecular complexity index is 596. The van der Waals surface area contributed by atoms with Crippen LogP contribution >= 0.6 is 15.9 Å². The van der Waals surface area contributed by atoms with E-state index < -0.39 is 0 Å². The summed E-state index contributed by atoms with van der Waals surface area (Å²) in [6.07, 6.45) is 1.49. The molecule has 9 heteroatoms. The lowest BCUT2D eigenvalue weighted by Crippen LogP contribution is -2.27. The van der Waals surface area contributed by atoms with Crippen LogP contribution in [0.5, 0.6) is 6.01 Å². The first kappa shape index (κ1) is 11.5. The molecule has 18 heavy (non-hydrogen) atoms. The zero-order chi connectivity index (χ0) is 12.7. The van der Waals surface area contributed by atoms with E-state index in [0.29, 0.717) is 10.9 Å². The normalized spacial score (nSPS) is 28.8. The number of fused-ring (bicyclic) bond motifs is 4. The van der Waals surface area contributed by atoms with Gasteiger partial charge >= 0.3 is 6.01 Å². The molecule has 2 aliphatic heterocycles. The molecule has 8 nitrogen and oxygen atoms in total. The Morgan fingerprint density at radius 1 is 1.67 bits per heavy atom. The van der Waals surface area contributed by atoms with Crippen LogP contribution in [-0.4, -0.2) is 28.3 Å². The first-order chi connectivity index (χ1) is 8.69. The molecule has 0 N–H and O–H groups in total. The average molecular weight is 314 g/mol. The Hall–Kier alpha value is -1.57. The van der Waals surface area contributed by atoms with Crippen LogP contribution in [0.25, 0.3) is 10.4 Å². The van der Waals surface area contributed by atoms with Crippen molar-refractivity contribution in [1.82, 2.24) is 9.55 Å². The van der Waals surface area contributed by atoms with Gasteiger partial charge in [0.1, 0.15) is 23.4 Å². The van der Waals surface area contributed by atoms with Gasteiger partial charge in [-0.3, -0.25) is 9.36 Å². The van der Waals surface area contributed by atoms with Gasteiger partial charge in [-0.25, -0.2) is 0 Å². The van der Waals surface area contributed by atoms with E-state index in [4.69, 9.17) is 15.0 Å². The molecule has 2 bridgehead atoms. The van der Waals surface area contributed by atoms with Crippen molar-refractivity contribution in [2.45, 2.75) is 24.8 Å². The first-order valence-electron chi connectivity index (χ1n) is 5.30. The topological polar surface area (TPSA) is 102 Å². The van der Waals surface area contributed by atoms with Crippen LogP contribution in [0.2, 0.25) is 0 Å². The summed E-state index contributed by atoms with van der Waals surface area (Å²) in [4.78, 5) is 18.0. The zero-order valence-corrected chi connectivity index (χ0v) is 10.6. The van der Waals surface area contributed by atoms with Gasteiger partial charge in [-0.05, 0) is 21.5 Å². The number of aromatic nitrogens is 2. The summed E-state index contributed by atoms with van der Waals surface area (Å²) in [6.45, 7) is 0.217. The minimum Gasteiger partial charge on any atom is -0.462 e. The second-order valence-electron chi connectivity index (χ2n) is 4.03. The third-order valence-electron chi connectivity index (χ3n) is 2.97. The van der Waals surface area contributed by atoms with Gasteiger partial charge in [-0.15, -0.1) is 0 Å². The number of hydrogen-bond acceptors (Lipinski definition) is 5. The van der Waals surface area contributed by atoms with Gasteiger partial charge in [0.05, 0.1) is 6.04 Å². The Labute approximate surface area is 109 Å². The summed E-state index contributed by atoms with van der Waals surface area (Å²) in [5.74, 6) is 0. The smallest absolute Gasteiger partial charge is 0.301 e. The summed E-state index contributed by atoms with van der Waals surface area (Å²) in [5.41, 5.74) is 8.10. The van der Waals surface area contributed by atoms with Crippen LogP contribution in [0.3, 0.4) is 0 Å². The van der Waals surface area contributed by atoms with Crippen molar-refractivity contribution in [3.63, 3.8) is 0 Å². The van der Waals surface area contributed by atoms with Crippen LogP contribution in [0.4, 0.5) is 0 Å². The van der Waals surface area contributed by atoms with Gasteiger partial charge in [0.15, 0.2) is 0 Å². The lowest BCUT2D eigenvalue weighted by Gasteiger charge is -2.16. The van der Waals surface area contributed by atoms with E-state index in [1.54, 1.807) is 10.8 Å². The summed E-state index contributed by atoms with van der Waals surface area (Å²) in [6, 6.07) is -0.0264. The number of rotatable bonds is 1. The molecule has 3 rings (SSSR count). The second-order valence-corrected chi connectivity index (χ2v) is 4.89. The molecule has 0 spiro atoms. The van der Waals surface area contributed by atoms with Gasteiger partial charge in [0, 0.05) is 17.5 Å². The van der Waals surface area contributed by atoms with E-state index in [-0.39, 0.29) is 36.6 Å². The van der Waals surface area contributed by atoms with Crippen LogP contribution in [0.15, 0.2) is 20.6 Å². The molecule has 1 saturated heterocycles. The Morgan fingerprint density at radius 2 is 2.50 bits per heavy atom. The minimum absolute atomic E-state index is 0.217. The molecule has 1 aromatic heterocycles. The molecule has 3 atom stereocenters. The molecule has 1 fully saturated rings. The third-order valence-corrected chi connectivity index (χ3v) is 3.51. The largest absolute Gasteiger partial charge is 0.462 e. The number of nitrogens with zero attached hydrogens (tertiary/aromatic N) is 5. The highest BCUT2D eigenvalue weighted by Gasteiger charge is 2.39. The molecule has 3 unspecified atom stereocenters. The van der Waals surface area contributed by atoms with Crippen molar-refractivity contribution in [1.29, 1.82) is 0 Å². The maximum atomic E-state index is 11.4. The van der Waals surface area contributed by atoms with Gasteiger partial charge in [0.2, 0.25) is 0 Å². The molecule has 0 radical (unpaired) electrons. The monoisotopic (exact) mass is 313 g/mol. The molecular formula is C9H8BrN5O3. The standard InChI is InChI=1S/C9H8BrN5O3/c10-4-2-15-7-1-5(13-14-11)6(18-7)3-17-9(15)12-8(4)16/h2,5-7H,1,3H2. The van der Waals surface area contributed by atoms with Gasteiger partial charge < -0.3 is 9.47 Å². The predicted molar refractivity (Wildman–Crippen MR) is 63.2 cm³/mol. The lowest BCUT2D eigenvalue weighted by molar-refractivity contribution is 0.00186. The van der Waals surface area contributed by atoms with E-state index in [1.807, 2.05) is 0 Å². The predicted octanol–water partition coefficient (Wildman–Crippen LogP) is 1.36. The fraction of sp³-hybridized carbons (Fsp3) is 0.556. The number of azide groups is 1. The Kier molecular flexibility index (Phi) is 2.73.